The van der Waals surface area contributed by atoms with Crippen molar-refractivity contribution in [2.24, 2.45) is 0 Å². The molecule has 0 radical (unpaired) electrons. The second kappa shape index (κ2) is 7.17. The molecular weight excluding hydrogens is 310 g/mol. The van der Waals surface area contributed by atoms with Crippen LogP contribution in [0.2, 0.25) is 0 Å². The number of nitrogens with zero attached hydrogens (tertiary/aromatic N) is 3. The first kappa shape index (κ1) is 16.1. The molecule has 0 spiro atoms. The molecule has 5 nitrogen and oxygen atoms in total. The maximum absolute atomic E-state index is 11.1. The second-order valence-electron chi connectivity index (χ2n) is 5.88. The Bertz CT molecular complexity index is 699. The zero-order chi connectivity index (χ0) is 16.2. The Morgan fingerprint density at radius 2 is 2.26 bits per heavy atom. The minimum absolute atomic E-state index is 0.115. The standard InChI is InChI=1S/C17H21N3O2S/c1-23-9-8-15-18-16(20(19-15)11-17(21)22)10-13-7-6-12-4-2-3-5-14(12)13/h2-5,13H,6-11H2,1H3,(H,21,22). The van der Waals surface area contributed by atoms with Crippen molar-refractivity contribution in [2.45, 2.75) is 38.1 Å². The molecule has 0 amide bonds. The van der Waals surface area contributed by atoms with Gasteiger partial charge in [-0.2, -0.15) is 16.9 Å². The number of aliphatic carboxylic acids is 1. The highest BCUT2D eigenvalue weighted by atomic mass is 32.2. The largest absolute Gasteiger partial charge is 0.480 e. The van der Waals surface area contributed by atoms with E-state index in [4.69, 9.17) is 5.11 Å². The van der Waals surface area contributed by atoms with Gasteiger partial charge in [-0.3, -0.25) is 4.79 Å². The molecule has 1 N–H and O–H groups in total. The molecule has 1 aliphatic rings. The Balaban J connectivity index is 1.81. The molecule has 0 aliphatic heterocycles. The van der Waals surface area contributed by atoms with Crippen LogP contribution in [-0.2, 0) is 30.6 Å². The molecule has 122 valence electrons. The van der Waals surface area contributed by atoms with Crippen LogP contribution in [0.3, 0.4) is 0 Å². The molecule has 1 aliphatic carbocycles. The number of carboxylic acid groups (broad SMARTS) is 1. The van der Waals surface area contributed by atoms with Crippen LogP contribution in [-0.4, -0.2) is 37.8 Å². The van der Waals surface area contributed by atoms with Crippen molar-refractivity contribution < 1.29 is 9.90 Å². The van der Waals surface area contributed by atoms with Crippen LogP contribution in [0.5, 0.6) is 0 Å². The molecule has 1 unspecified atom stereocenters. The first-order valence-corrected chi connectivity index (χ1v) is 9.28. The summed E-state index contributed by atoms with van der Waals surface area (Å²) in [4.78, 5) is 15.7. The lowest BCUT2D eigenvalue weighted by atomic mass is 9.97. The minimum atomic E-state index is -0.876. The summed E-state index contributed by atoms with van der Waals surface area (Å²) >= 11 is 1.74. The molecule has 1 heterocycles. The van der Waals surface area contributed by atoms with Crippen LogP contribution in [0, 0.1) is 0 Å². The Hall–Kier alpha value is -1.82. The number of aromatic nitrogens is 3. The maximum Gasteiger partial charge on any atom is 0.325 e. The number of aryl methyl sites for hydroxylation is 2. The Morgan fingerprint density at radius 3 is 3.04 bits per heavy atom. The fourth-order valence-electron chi connectivity index (χ4n) is 3.21. The second-order valence-corrected chi connectivity index (χ2v) is 6.86. The molecule has 0 bridgehead atoms. The molecule has 1 aromatic heterocycles. The van der Waals surface area contributed by atoms with Gasteiger partial charge in [0.25, 0.3) is 0 Å². The summed E-state index contributed by atoms with van der Waals surface area (Å²) in [6.45, 7) is -0.115. The maximum atomic E-state index is 11.1. The fourth-order valence-corrected chi connectivity index (χ4v) is 3.60. The van der Waals surface area contributed by atoms with E-state index in [0.717, 1.165) is 43.1 Å². The number of hydrogen-bond acceptors (Lipinski definition) is 4. The van der Waals surface area contributed by atoms with Gasteiger partial charge in [-0.15, -0.1) is 0 Å². The molecule has 1 aromatic carbocycles. The van der Waals surface area contributed by atoms with Crippen LogP contribution in [0.1, 0.15) is 35.1 Å². The summed E-state index contributed by atoms with van der Waals surface area (Å²) < 4.78 is 1.57. The van der Waals surface area contributed by atoms with E-state index in [1.165, 1.54) is 11.1 Å². The number of hydrogen-bond donors (Lipinski definition) is 1. The van der Waals surface area contributed by atoms with E-state index in [1.807, 2.05) is 6.26 Å². The van der Waals surface area contributed by atoms with Gasteiger partial charge in [0.2, 0.25) is 0 Å². The third kappa shape index (κ3) is 3.75. The van der Waals surface area contributed by atoms with Gasteiger partial charge < -0.3 is 5.11 Å². The number of benzene rings is 1. The van der Waals surface area contributed by atoms with E-state index < -0.39 is 5.97 Å². The first-order valence-electron chi connectivity index (χ1n) is 7.88. The van der Waals surface area contributed by atoms with Crippen molar-refractivity contribution in [2.75, 3.05) is 12.0 Å². The molecule has 0 fully saturated rings. The fraction of sp³-hybridized carbons (Fsp3) is 0.471. The smallest absolute Gasteiger partial charge is 0.325 e. The van der Waals surface area contributed by atoms with Gasteiger partial charge in [0.15, 0.2) is 5.82 Å². The van der Waals surface area contributed by atoms with E-state index in [2.05, 4.69) is 34.3 Å². The summed E-state index contributed by atoms with van der Waals surface area (Å²) in [6, 6.07) is 8.51. The zero-order valence-electron chi connectivity index (χ0n) is 13.2. The Kier molecular flexibility index (Phi) is 5.00. The highest BCUT2D eigenvalue weighted by Gasteiger charge is 2.25. The molecule has 0 saturated carbocycles. The molecule has 3 rings (SSSR count). The zero-order valence-corrected chi connectivity index (χ0v) is 14.1. The quantitative estimate of drug-likeness (QED) is 0.844. The van der Waals surface area contributed by atoms with E-state index in [1.54, 1.807) is 16.4 Å². The number of thioether (sulfide) groups is 1. The number of carboxylic acids is 1. The summed E-state index contributed by atoms with van der Waals surface area (Å²) in [7, 11) is 0. The van der Waals surface area contributed by atoms with Crippen molar-refractivity contribution >= 4 is 17.7 Å². The van der Waals surface area contributed by atoms with Gasteiger partial charge in [-0.25, -0.2) is 9.67 Å². The summed E-state index contributed by atoms with van der Waals surface area (Å²) in [6.07, 6.45) is 5.77. The van der Waals surface area contributed by atoms with Crippen molar-refractivity contribution in [3.8, 4) is 0 Å². The lowest BCUT2D eigenvalue weighted by Crippen LogP contribution is -2.15. The molecule has 2 aromatic rings. The predicted molar refractivity (Wildman–Crippen MR) is 91.0 cm³/mol. The number of carbonyl (C=O) groups is 1. The normalized spacial score (nSPS) is 16.5. The van der Waals surface area contributed by atoms with Crippen LogP contribution < -0.4 is 0 Å². The summed E-state index contributed by atoms with van der Waals surface area (Å²) in [5.41, 5.74) is 2.78. The van der Waals surface area contributed by atoms with Gasteiger partial charge in [0.1, 0.15) is 12.4 Å². The van der Waals surface area contributed by atoms with E-state index in [9.17, 15) is 4.79 Å². The molecule has 23 heavy (non-hydrogen) atoms. The van der Waals surface area contributed by atoms with Crippen LogP contribution in [0.4, 0.5) is 0 Å². The van der Waals surface area contributed by atoms with Crippen LogP contribution in [0.25, 0.3) is 0 Å². The third-order valence-corrected chi connectivity index (χ3v) is 4.91. The summed E-state index contributed by atoms with van der Waals surface area (Å²) in [5, 5.41) is 13.5. The van der Waals surface area contributed by atoms with Gasteiger partial charge >= 0.3 is 5.97 Å². The topological polar surface area (TPSA) is 68.0 Å². The lowest BCUT2D eigenvalue weighted by molar-refractivity contribution is -0.137. The Morgan fingerprint density at radius 1 is 1.43 bits per heavy atom. The molecule has 1 atom stereocenters. The molecular formula is C17H21N3O2S. The molecule has 0 saturated heterocycles. The highest BCUT2D eigenvalue weighted by molar-refractivity contribution is 7.98. The number of fused-ring (bicyclic) bond motifs is 1. The van der Waals surface area contributed by atoms with E-state index in [0.29, 0.717) is 5.92 Å². The van der Waals surface area contributed by atoms with Gasteiger partial charge in [-0.05, 0) is 36.1 Å². The van der Waals surface area contributed by atoms with Crippen molar-refractivity contribution in [1.29, 1.82) is 0 Å². The number of rotatable bonds is 7. The van der Waals surface area contributed by atoms with Crippen molar-refractivity contribution in [3.63, 3.8) is 0 Å². The average Bonchev–Trinajstić information content (AvgIpc) is 3.10. The van der Waals surface area contributed by atoms with Gasteiger partial charge in [-0.1, -0.05) is 24.3 Å². The third-order valence-electron chi connectivity index (χ3n) is 4.29. The monoisotopic (exact) mass is 331 g/mol. The average molecular weight is 331 g/mol. The van der Waals surface area contributed by atoms with Crippen molar-refractivity contribution in [3.05, 3.63) is 47.0 Å². The SMILES string of the molecule is CSCCc1nc(CC2CCc3ccccc32)n(CC(=O)O)n1. The summed E-state index contributed by atoms with van der Waals surface area (Å²) in [5.74, 6) is 2.03. The van der Waals surface area contributed by atoms with Gasteiger partial charge in [0, 0.05) is 18.6 Å². The van der Waals surface area contributed by atoms with E-state index in [-0.39, 0.29) is 6.54 Å². The highest BCUT2D eigenvalue weighted by Crippen LogP contribution is 2.35. The van der Waals surface area contributed by atoms with Crippen LogP contribution >= 0.6 is 11.8 Å². The van der Waals surface area contributed by atoms with Gasteiger partial charge in [0.05, 0.1) is 0 Å². The minimum Gasteiger partial charge on any atom is -0.480 e. The Labute approximate surface area is 140 Å². The van der Waals surface area contributed by atoms with E-state index >= 15 is 0 Å². The van der Waals surface area contributed by atoms with Crippen molar-refractivity contribution in [1.82, 2.24) is 14.8 Å². The molecule has 6 heteroatoms. The van der Waals surface area contributed by atoms with Crippen LogP contribution in [0.15, 0.2) is 24.3 Å². The predicted octanol–water partition coefficient (Wildman–Crippen LogP) is 2.54. The first-order chi connectivity index (χ1) is 11.2. The lowest BCUT2D eigenvalue weighted by Gasteiger charge is -2.11.